The van der Waals surface area contributed by atoms with Gasteiger partial charge in [0.05, 0.1) is 6.17 Å². The van der Waals surface area contributed by atoms with Crippen molar-refractivity contribution in [3.8, 4) is 0 Å². The highest BCUT2D eigenvalue weighted by Crippen LogP contribution is 2.19. The Balaban J connectivity index is 2.58. The number of rotatable bonds is 0. The molecule has 2 unspecified atom stereocenters. The Morgan fingerprint density at radius 2 is 2.36 bits per heavy atom. The highest BCUT2D eigenvalue weighted by atomic mass is 16.4. The first-order chi connectivity index (χ1) is 5.13. The van der Waals surface area contributed by atoms with Gasteiger partial charge in [0, 0.05) is 6.54 Å². The normalized spacial score (nSPS) is 32.0. The van der Waals surface area contributed by atoms with E-state index in [1.54, 1.807) is 0 Å². The molecule has 11 heavy (non-hydrogen) atoms. The van der Waals surface area contributed by atoms with Gasteiger partial charge in [-0.3, -0.25) is 4.90 Å². The molecule has 1 heterocycles. The van der Waals surface area contributed by atoms with Crippen LogP contribution in [0, 0.1) is 5.92 Å². The van der Waals surface area contributed by atoms with Crippen LogP contribution in [0.4, 0.5) is 4.79 Å². The van der Waals surface area contributed by atoms with Crippen molar-refractivity contribution < 1.29 is 9.90 Å². The first kappa shape index (κ1) is 8.33. The van der Waals surface area contributed by atoms with Gasteiger partial charge in [-0.05, 0) is 18.8 Å². The molecule has 64 valence electrons. The van der Waals surface area contributed by atoms with Crippen LogP contribution in [0.15, 0.2) is 0 Å². The standard InChI is InChI=1S/C7H14N2O2/c1-5-3-2-4-9(6(5)8)7(10)11/h5-6H,2-4,8H2,1H3,(H,10,11). The summed E-state index contributed by atoms with van der Waals surface area (Å²) < 4.78 is 0. The predicted octanol–water partition coefficient (Wildman–Crippen LogP) is 0.681. The zero-order chi connectivity index (χ0) is 8.43. The Morgan fingerprint density at radius 3 is 2.82 bits per heavy atom. The van der Waals surface area contributed by atoms with Crippen LogP contribution in [-0.2, 0) is 0 Å². The molecule has 0 aromatic heterocycles. The van der Waals surface area contributed by atoms with E-state index in [4.69, 9.17) is 10.8 Å². The molecule has 2 atom stereocenters. The molecule has 1 saturated heterocycles. The van der Waals surface area contributed by atoms with Gasteiger partial charge in [0.25, 0.3) is 0 Å². The Morgan fingerprint density at radius 1 is 1.73 bits per heavy atom. The molecule has 0 bridgehead atoms. The fourth-order valence-electron chi connectivity index (χ4n) is 1.43. The molecule has 4 nitrogen and oxygen atoms in total. The molecule has 1 aliphatic heterocycles. The highest BCUT2D eigenvalue weighted by molar-refractivity contribution is 5.65. The average Bonchev–Trinajstić information content (AvgIpc) is 1.94. The van der Waals surface area contributed by atoms with E-state index in [1.165, 1.54) is 4.90 Å². The summed E-state index contributed by atoms with van der Waals surface area (Å²) in [5.74, 6) is 0.292. The molecular weight excluding hydrogens is 144 g/mol. The van der Waals surface area contributed by atoms with Crippen LogP contribution in [0.5, 0.6) is 0 Å². The number of hydrogen-bond acceptors (Lipinski definition) is 2. The summed E-state index contributed by atoms with van der Waals surface area (Å²) in [7, 11) is 0. The van der Waals surface area contributed by atoms with Crippen molar-refractivity contribution in [3.05, 3.63) is 0 Å². The van der Waals surface area contributed by atoms with Crippen molar-refractivity contribution in [2.24, 2.45) is 11.7 Å². The summed E-state index contributed by atoms with van der Waals surface area (Å²) in [6.07, 6.45) is 0.761. The van der Waals surface area contributed by atoms with Gasteiger partial charge >= 0.3 is 6.09 Å². The molecule has 0 aliphatic carbocycles. The number of piperidine rings is 1. The van der Waals surface area contributed by atoms with E-state index in [0.29, 0.717) is 12.5 Å². The van der Waals surface area contributed by atoms with Crippen LogP contribution in [0.25, 0.3) is 0 Å². The van der Waals surface area contributed by atoms with E-state index in [0.717, 1.165) is 12.8 Å². The Hall–Kier alpha value is -0.770. The summed E-state index contributed by atoms with van der Waals surface area (Å²) >= 11 is 0. The Labute approximate surface area is 66.0 Å². The van der Waals surface area contributed by atoms with Gasteiger partial charge in [-0.1, -0.05) is 6.92 Å². The zero-order valence-electron chi connectivity index (χ0n) is 6.66. The van der Waals surface area contributed by atoms with Gasteiger partial charge in [0.2, 0.25) is 0 Å². The van der Waals surface area contributed by atoms with Crippen LogP contribution < -0.4 is 5.73 Å². The third kappa shape index (κ3) is 1.63. The number of likely N-dealkylation sites (tertiary alicyclic amines) is 1. The van der Waals surface area contributed by atoms with Gasteiger partial charge in [-0.2, -0.15) is 0 Å². The van der Waals surface area contributed by atoms with Gasteiger partial charge in [0.15, 0.2) is 0 Å². The van der Waals surface area contributed by atoms with Crippen LogP contribution in [0.1, 0.15) is 19.8 Å². The number of nitrogens with zero attached hydrogens (tertiary/aromatic N) is 1. The molecule has 3 N–H and O–H groups in total. The number of nitrogens with two attached hydrogens (primary N) is 1. The third-order valence-corrected chi connectivity index (χ3v) is 2.25. The number of hydrogen-bond donors (Lipinski definition) is 2. The minimum absolute atomic E-state index is 0.292. The van der Waals surface area contributed by atoms with Crippen molar-refractivity contribution in [1.82, 2.24) is 4.90 Å². The lowest BCUT2D eigenvalue weighted by molar-refractivity contribution is 0.0859. The fourth-order valence-corrected chi connectivity index (χ4v) is 1.43. The number of carbonyl (C=O) groups is 1. The smallest absolute Gasteiger partial charge is 0.408 e. The molecule has 0 aromatic carbocycles. The van der Waals surface area contributed by atoms with Crippen molar-refractivity contribution >= 4 is 6.09 Å². The highest BCUT2D eigenvalue weighted by Gasteiger charge is 2.28. The maximum atomic E-state index is 10.6. The summed E-state index contributed by atoms with van der Waals surface area (Å²) in [6.45, 7) is 2.57. The first-order valence-electron chi connectivity index (χ1n) is 3.88. The van der Waals surface area contributed by atoms with Gasteiger partial charge < -0.3 is 10.8 Å². The minimum atomic E-state index is -0.899. The predicted molar refractivity (Wildman–Crippen MR) is 41.1 cm³/mol. The van der Waals surface area contributed by atoms with Crippen molar-refractivity contribution in [3.63, 3.8) is 0 Å². The van der Waals surface area contributed by atoms with E-state index in [-0.39, 0.29) is 6.17 Å². The van der Waals surface area contributed by atoms with Gasteiger partial charge in [-0.15, -0.1) is 0 Å². The van der Waals surface area contributed by atoms with Crippen molar-refractivity contribution in [1.29, 1.82) is 0 Å². The van der Waals surface area contributed by atoms with Gasteiger partial charge in [-0.25, -0.2) is 4.79 Å². The molecular formula is C7H14N2O2. The van der Waals surface area contributed by atoms with Crippen molar-refractivity contribution in [2.45, 2.75) is 25.9 Å². The van der Waals surface area contributed by atoms with E-state index in [9.17, 15) is 4.79 Å². The molecule has 1 aliphatic rings. The second-order valence-electron chi connectivity index (χ2n) is 3.09. The molecule has 0 saturated carbocycles. The monoisotopic (exact) mass is 158 g/mol. The third-order valence-electron chi connectivity index (χ3n) is 2.25. The number of carboxylic acid groups (broad SMARTS) is 1. The molecule has 0 aromatic rings. The summed E-state index contributed by atoms with van der Waals surface area (Å²) in [6, 6.07) is 0. The quantitative estimate of drug-likeness (QED) is 0.544. The number of amides is 1. The van der Waals surface area contributed by atoms with E-state index < -0.39 is 6.09 Å². The van der Waals surface area contributed by atoms with Crippen molar-refractivity contribution in [2.75, 3.05) is 6.54 Å². The second kappa shape index (κ2) is 3.09. The van der Waals surface area contributed by atoms with Crippen LogP contribution in [0.3, 0.4) is 0 Å². The summed E-state index contributed by atoms with van der Waals surface area (Å²) in [5.41, 5.74) is 5.67. The lowest BCUT2D eigenvalue weighted by Crippen LogP contribution is -2.52. The largest absolute Gasteiger partial charge is 0.465 e. The molecule has 1 amide bonds. The molecule has 0 spiro atoms. The second-order valence-corrected chi connectivity index (χ2v) is 3.09. The van der Waals surface area contributed by atoms with E-state index >= 15 is 0 Å². The molecule has 1 rings (SSSR count). The van der Waals surface area contributed by atoms with Gasteiger partial charge in [0.1, 0.15) is 0 Å². The SMILES string of the molecule is CC1CCCN(C(=O)O)C1N. The zero-order valence-corrected chi connectivity index (χ0v) is 6.66. The fraction of sp³-hybridized carbons (Fsp3) is 0.857. The minimum Gasteiger partial charge on any atom is -0.465 e. The summed E-state index contributed by atoms with van der Waals surface area (Å²) in [5, 5.41) is 8.67. The van der Waals surface area contributed by atoms with Crippen LogP contribution >= 0.6 is 0 Å². The maximum Gasteiger partial charge on any atom is 0.408 e. The average molecular weight is 158 g/mol. The lowest BCUT2D eigenvalue weighted by Gasteiger charge is -2.35. The van der Waals surface area contributed by atoms with Crippen LogP contribution in [-0.4, -0.2) is 28.8 Å². The molecule has 1 fully saturated rings. The lowest BCUT2D eigenvalue weighted by atomic mass is 9.97. The molecule has 0 radical (unpaired) electrons. The maximum absolute atomic E-state index is 10.6. The molecule has 4 heteroatoms. The first-order valence-corrected chi connectivity index (χ1v) is 3.88. The summed E-state index contributed by atoms with van der Waals surface area (Å²) in [4.78, 5) is 11.9. The Bertz CT molecular complexity index is 161. The topological polar surface area (TPSA) is 66.6 Å². The van der Waals surface area contributed by atoms with E-state index in [1.807, 2.05) is 6.92 Å². The Kier molecular flexibility index (Phi) is 2.34. The van der Waals surface area contributed by atoms with E-state index in [2.05, 4.69) is 0 Å². The van der Waals surface area contributed by atoms with Crippen LogP contribution in [0.2, 0.25) is 0 Å².